The number of allylic oxidation sites excluding steroid dienone is 1. The summed E-state index contributed by atoms with van der Waals surface area (Å²) < 4.78 is 33.1. The first-order chi connectivity index (χ1) is 16.9. The van der Waals surface area contributed by atoms with E-state index >= 15 is 0 Å². The van der Waals surface area contributed by atoms with E-state index in [-0.39, 0.29) is 24.3 Å². The smallest absolute Gasteiger partial charge is 0.322 e. The van der Waals surface area contributed by atoms with Gasteiger partial charge in [0.05, 0.1) is 18.2 Å². The minimum absolute atomic E-state index is 0.177. The standard InChI is InChI=1S/C26H19ClF2N4O2/c1-15-22(25-31-24(32-35-25)18-5-2-6-19(27)12-18)23(17-4-3-7-21(29)13-17)30-26(34)33(15)14-16-8-10-20(28)11-9-16/h2-13,23H,14H2,1H3,(H,30,34). The predicted molar refractivity (Wildman–Crippen MR) is 127 cm³/mol. The van der Waals surface area contributed by atoms with Crippen LogP contribution in [0.3, 0.4) is 0 Å². The number of urea groups is 1. The summed E-state index contributed by atoms with van der Waals surface area (Å²) in [5, 5.41) is 7.54. The van der Waals surface area contributed by atoms with E-state index in [2.05, 4.69) is 15.5 Å². The molecule has 1 unspecified atom stereocenters. The van der Waals surface area contributed by atoms with E-state index in [1.54, 1.807) is 55.5 Å². The molecule has 0 radical (unpaired) electrons. The first kappa shape index (κ1) is 22.7. The number of carbonyl (C=O) groups excluding carboxylic acids is 1. The summed E-state index contributed by atoms with van der Waals surface area (Å²) in [5.41, 5.74) is 2.99. The monoisotopic (exact) mass is 492 g/mol. The lowest BCUT2D eigenvalue weighted by atomic mass is 9.94. The average Bonchev–Trinajstić information content (AvgIpc) is 3.32. The number of amides is 2. The third-order valence-corrected chi connectivity index (χ3v) is 6.01. The number of halogens is 3. The van der Waals surface area contributed by atoms with Gasteiger partial charge in [-0.25, -0.2) is 13.6 Å². The molecule has 9 heteroatoms. The summed E-state index contributed by atoms with van der Waals surface area (Å²) in [6.45, 7) is 1.94. The maximum absolute atomic E-state index is 14.1. The van der Waals surface area contributed by atoms with Crippen LogP contribution in [-0.4, -0.2) is 21.1 Å². The van der Waals surface area contributed by atoms with Crippen molar-refractivity contribution in [3.63, 3.8) is 0 Å². The molecule has 2 amide bonds. The van der Waals surface area contributed by atoms with Gasteiger partial charge in [-0.2, -0.15) is 4.98 Å². The Morgan fingerprint density at radius 1 is 1.03 bits per heavy atom. The van der Waals surface area contributed by atoms with Crippen LogP contribution >= 0.6 is 11.6 Å². The summed E-state index contributed by atoms with van der Waals surface area (Å²) in [7, 11) is 0. The number of nitrogens with one attached hydrogen (secondary N) is 1. The Morgan fingerprint density at radius 2 is 1.80 bits per heavy atom. The highest BCUT2D eigenvalue weighted by Crippen LogP contribution is 2.38. The van der Waals surface area contributed by atoms with Gasteiger partial charge in [0.2, 0.25) is 5.82 Å². The average molecular weight is 493 g/mol. The van der Waals surface area contributed by atoms with Crippen LogP contribution in [0.4, 0.5) is 13.6 Å². The molecule has 0 spiro atoms. The van der Waals surface area contributed by atoms with Crippen LogP contribution in [0.2, 0.25) is 5.02 Å². The summed E-state index contributed by atoms with van der Waals surface area (Å²) in [5.74, 6) is -0.304. The minimum atomic E-state index is -0.727. The second-order valence-electron chi connectivity index (χ2n) is 8.08. The van der Waals surface area contributed by atoms with E-state index in [1.165, 1.54) is 29.2 Å². The molecule has 3 aromatic carbocycles. The van der Waals surface area contributed by atoms with Gasteiger partial charge in [-0.05, 0) is 54.4 Å². The summed E-state index contributed by atoms with van der Waals surface area (Å²) >= 11 is 6.10. The molecule has 0 fully saturated rings. The van der Waals surface area contributed by atoms with Crippen LogP contribution in [0.5, 0.6) is 0 Å². The molecule has 35 heavy (non-hydrogen) atoms. The first-order valence-electron chi connectivity index (χ1n) is 10.8. The fourth-order valence-corrected chi connectivity index (χ4v) is 4.23. The number of hydrogen-bond acceptors (Lipinski definition) is 4. The quantitative estimate of drug-likeness (QED) is 0.351. The fourth-order valence-electron chi connectivity index (χ4n) is 4.04. The molecule has 1 N–H and O–H groups in total. The summed E-state index contributed by atoms with van der Waals surface area (Å²) in [4.78, 5) is 19.2. The van der Waals surface area contributed by atoms with Crippen LogP contribution in [0.15, 0.2) is 83.0 Å². The van der Waals surface area contributed by atoms with Crippen LogP contribution < -0.4 is 5.32 Å². The molecule has 1 atom stereocenters. The van der Waals surface area contributed by atoms with Gasteiger partial charge in [0.25, 0.3) is 5.89 Å². The van der Waals surface area contributed by atoms with Crippen molar-refractivity contribution in [2.24, 2.45) is 0 Å². The normalized spacial score (nSPS) is 15.9. The van der Waals surface area contributed by atoms with Crippen LogP contribution in [-0.2, 0) is 6.54 Å². The maximum Gasteiger partial charge on any atom is 0.322 e. The van der Waals surface area contributed by atoms with Crippen molar-refractivity contribution in [2.75, 3.05) is 0 Å². The van der Waals surface area contributed by atoms with Crippen molar-refractivity contribution in [2.45, 2.75) is 19.5 Å². The molecular weight excluding hydrogens is 474 g/mol. The number of hydrogen-bond donors (Lipinski definition) is 1. The van der Waals surface area contributed by atoms with E-state index in [0.29, 0.717) is 33.2 Å². The predicted octanol–water partition coefficient (Wildman–Crippen LogP) is 6.37. The second-order valence-corrected chi connectivity index (χ2v) is 8.52. The van der Waals surface area contributed by atoms with E-state index < -0.39 is 11.9 Å². The largest absolute Gasteiger partial charge is 0.334 e. The Kier molecular flexibility index (Phi) is 6.05. The van der Waals surface area contributed by atoms with Crippen molar-refractivity contribution < 1.29 is 18.1 Å². The number of nitrogens with zero attached hydrogens (tertiary/aromatic N) is 3. The van der Waals surface area contributed by atoms with Gasteiger partial charge in [-0.15, -0.1) is 0 Å². The fraction of sp³-hybridized carbons (Fsp3) is 0.115. The minimum Gasteiger partial charge on any atom is -0.334 e. The van der Waals surface area contributed by atoms with Crippen molar-refractivity contribution in [3.05, 3.63) is 112 Å². The Balaban J connectivity index is 1.60. The van der Waals surface area contributed by atoms with Crippen LogP contribution in [0.25, 0.3) is 17.0 Å². The van der Waals surface area contributed by atoms with E-state index in [4.69, 9.17) is 16.1 Å². The number of carbonyl (C=O) groups is 1. The molecule has 1 aliphatic heterocycles. The van der Waals surface area contributed by atoms with Gasteiger partial charge >= 0.3 is 6.03 Å². The molecule has 4 aromatic rings. The third-order valence-electron chi connectivity index (χ3n) is 5.77. The zero-order chi connectivity index (χ0) is 24.5. The molecule has 0 bridgehead atoms. The summed E-state index contributed by atoms with van der Waals surface area (Å²) in [6.07, 6.45) is 0. The molecule has 0 saturated heterocycles. The van der Waals surface area contributed by atoms with Crippen LogP contribution in [0, 0.1) is 11.6 Å². The molecule has 1 aliphatic rings. The highest BCUT2D eigenvalue weighted by Gasteiger charge is 2.36. The second kappa shape index (κ2) is 9.31. The van der Waals surface area contributed by atoms with E-state index in [1.807, 2.05) is 0 Å². The maximum atomic E-state index is 14.1. The lowest BCUT2D eigenvalue weighted by molar-refractivity contribution is 0.203. The molecule has 5 rings (SSSR count). The summed E-state index contributed by atoms with van der Waals surface area (Å²) in [6, 6.07) is 17.8. The van der Waals surface area contributed by atoms with Gasteiger partial charge < -0.3 is 9.84 Å². The van der Waals surface area contributed by atoms with Crippen molar-refractivity contribution in [1.29, 1.82) is 0 Å². The topological polar surface area (TPSA) is 71.3 Å². The van der Waals surface area contributed by atoms with E-state index in [0.717, 1.165) is 5.56 Å². The van der Waals surface area contributed by atoms with Gasteiger partial charge in [0.15, 0.2) is 0 Å². The Hall–Kier alpha value is -4.04. The Morgan fingerprint density at radius 3 is 2.54 bits per heavy atom. The molecule has 6 nitrogen and oxygen atoms in total. The lowest BCUT2D eigenvalue weighted by Crippen LogP contribution is -2.45. The zero-order valence-corrected chi connectivity index (χ0v) is 19.3. The highest BCUT2D eigenvalue weighted by molar-refractivity contribution is 6.30. The van der Waals surface area contributed by atoms with Crippen molar-refractivity contribution in [3.8, 4) is 11.4 Å². The molecule has 0 aliphatic carbocycles. The van der Waals surface area contributed by atoms with E-state index in [9.17, 15) is 13.6 Å². The van der Waals surface area contributed by atoms with Gasteiger partial charge in [0, 0.05) is 16.3 Å². The number of aromatic nitrogens is 2. The molecular formula is C26H19ClF2N4O2. The SMILES string of the molecule is CC1=C(c2nc(-c3cccc(Cl)c3)no2)C(c2cccc(F)c2)NC(=O)N1Cc1ccc(F)cc1. The van der Waals surface area contributed by atoms with Crippen molar-refractivity contribution in [1.82, 2.24) is 20.4 Å². The Bertz CT molecular complexity index is 1440. The van der Waals surface area contributed by atoms with Gasteiger partial charge in [0.1, 0.15) is 11.6 Å². The van der Waals surface area contributed by atoms with Crippen LogP contribution in [0.1, 0.15) is 30.0 Å². The van der Waals surface area contributed by atoms with Gasteiger partial charge in [-0.3, -0.25) is 4.90 Å². The number of rotatable bonds is 5. The number of benzene rings is 3. The van der Waals surface area contributed by atoms with Crippen molar-refractivity contribution >= 4 is 23.2 Å². The zero-order valence-electron chi connectivity index (χ0n) is 18.5. The Labute approximate surface area is 204 Å². The van der Waals surface area contributed by atoms with Gasteiger partial charge in [-0.1, -0.05) is 53.2 Å². The molecule has 1 aromatic heterocycles. The first-order valence-corrected chi connectivity index (χ1v) is 11.2. The molecule has 176 valence electrons. The highest BCUT2D eigenvalue weighted by atomic mass is 35.5. The molecule has 0 saturated carbocycles. The lowest BCUT2D eigenvalue weighted by Gasteiger charge is -2.35. The third kappa shape index (κ3) is 4.65. The molecule has 2 heterocycles.